The summed E-state index contributed by atoms with van der Waals surface area (Å²) >= 11 is 0. The molecule has 11 nitrogen and oxygen atoms in total. The average Bonchev–Trinajstić information content (AvgIpc) is 1.52. The van der Waals surface area contributed by atoms with E-state index in [1.165, 1.54) is 106 Å². The fourth-order valence-electron chi connectivity index (χ4n) is 15.4. The van der Waals surface area contributed by atoms with E-state index in [1.54, 1.807) is 0 Å². The minimum Gasteiger partial charge on any atom is -0.537 e. The molecule has 17 aromatic rings. The molecule has 18 rings (SSSR count). The summed E-state index contributed by atoms with van der Waals surface area (Å²) in [6, 6.07) is 81.3. The quantitative estimate of drug-likeness (QED) is 0.120. The third-order valence-corrected chi connectivity index (χ3v) is 20.3. The summed E-state index contributed by atoms with van der Waals surface area (Å²) < 4.78 is 22.7. The number of furan rings is 1. The number of para-hydroxylation sites is 5. The van der Waals surface area contributed by atoms with Gasteiger partial charge in [0.2, 0.25) is 0 Å². The molecule has 15 heteroatoms. The standard InChI is InChI=1S/C30H24N3.C25H29N2O.C23H17N2O.C18H17N2.4Ir/c1-20-17-21(2)29(22(3)18-20)32-16-15-31-30(32)23-13-14-28-26(19-23)25-11-7-8-12-27(25)33(28)24-9-5-4-6-10-24;1-16(2)21-13-18(5)14-22(17(3)4)24(21)27-11-10-26-25(27)20-8-9-23-19(15-20)7-6-12-28-23;1-15-6-5-7-16(2)22(15)25-13-12-24-23(25)17-10-11-21-19(14-17)18-8-3-4-9-20(18)26-21;1-13-7-9-16(10-8-13)18-19-11-12-20(18)17-14(2)5-4-6-15(17)3;;;;/h4-12,14-19H,1-3H3;9-11,13-17H,6-7,12H2,1-5H3;3-9,11-14H,1-2H3;4-9,11-12H,1-3H3;;;;/q4*-1;;;;. The van der Waals surface area contributed by atoms with Crippen LogP contribution >= 0.6 is 0 Å². The van der Waals surface area contributed by atoms with Crippen LogP contribution in [-0.4, -0.2) is 49.4 Å². The maximum Gasteiger partial charge on any atom is 0.120 e. The molecule has 0 spiro atoms. The third kappa shape index (κ3) is 16.8. The minimum atomic E-state index is 0. The Bertz CT molecular complexity index is 6020. The van der Waals surface area contributed by atoms with Crippen molar-refractivity contribution in [3.63, 3.8) is 0 Å². The molecular weight excluding hydrogens is 2080 g/mol. The van der Waals surface area contributed by atoms with Crippen LogP contribution in [0, 0.1) is 86.6 Å². The van der Waals surface area contributed by atoms with Gasteiger partial charge in [0, 0.05) is 175 Å². The van der Waals surface area contributed by atoms with Gasteiger partial charge in [-0.25, -0.2) is 0 Å². The Kier molecular flexibility index (Phi) is 26.5. The molecule has 0 unspecified atom stereocenters. The zero-order valence-electron chi connectivity index (χ0n) is 64.5. The molecule has 11 aromatic carbocycles. The molecule has 0 atom stereocenters. The van der Waals surface area contributed by atoms with Crippen molar-refractivity contribution in [2.24, 2.45) is 0 Å². The molecule has 7 heterocycles. The first-order chi connectivity index (χ1) is 52.0. The largest absolute Gasteiger partial charge is 0.537 e. The van der Waals surface area contributed by atoms with E-state index in [0.29, 0.717) is 11.8 Å². The summed E-state index contributed by atoms with van der Waals surface area (Å²) in [5.41, 5.74) is 29.3. The van der Waals surface area contributed by atoms with Crippen molar-refractivity contribution in [1.29, 1.82) is 0 Å². The van der Waals surface area contributed by atoms with Gasteiger partial charge in [-0.15, -0.1) is 107 Å². The molecule has 6 aromatic heterocycles. The fraction of sp³-hybridized carbons (Fsp3) is 0.188. The zero-order chi connectivity index (χ0) is 74.1. The number of nitrogens with zero attached hydrogens (tertiary/aromatic N) is 9. The second-order valence-electron chi connectivity index (χ2n) is 28.8. The van der Waals surface area contributed by atoms with Gasteiger partial charge in [0.05, 0.1) is 35.5 Å². The van der Waals surface area contributed by atoms with Crippen LogP contribution in [0.4, 0.5) is 0 Å². The molecule has 0 amide bonds. The van der Waals surface area contributed by atoms with E-state index in [0.717, 1.165) is 104 Å². The van der Waals surface area contributed by atoms with E-state index >= 15 is 0 Å². The van der Waals surface area contributed by atoms with Gasteiger partial charge in [-0.2, -0.15) is 0 Å². The Morgan fingerprint density at radius 1 is 0.360 bits per heavy atom. The maximum atomic E-state index is 5.92. The first kappa shape index (κ1) is 82.2. The Hall–Kier alpha value is -9.74. The number of rotatable bonds is 11. The van der Waals surface area contributed by atoms with Crippen LogP contribution in [0.5, 0.6) is 5.75 Å². The molecule has 0 aliphatic carbocycles. The fourth-order valence-corrected chi connectivity index (χ4v) is 15.4. The number of imidazole rings is 4. The summed E-state index contributed by atoms with van der Waals surface area (Å²) in [5, 5.41) is 4.64. The maximum absolute atomic E-state index is 5.92. The van der Waals surface area contributed by atoms with E-state index in [2.05, 4.69) is 311 Å². The van der Waals surface area contributed by atoms with Gasteiger partial charge in [0.15, 0.2) is 0 Å². The van der Waals surface area contributed by atoms with Gasteiger partial charge < -0.3 is 32.0 Å². The van der Waals surface area contributed by atoms with Crippen molar-refractivity contribution in [3.8, 4) is 79.7 Å². The average molecular weight is 2170 g/mol. The third-order valence-electron chi connectivity index (χ3n) is 20.3. The van der Waals surface area contributed by atoms with Crippen molar-refractivity contribution in [1.82, 2.24) is 42.8 Å². The van der Waals surface area contributed by atoms with Gasteiger partial charge in [-0.3, -0.25) is 19.9 Å². The van der Waals surface area contributed by atoms with E-state index in [9.17, 15) is 0 Å². The summed E-state index contributed by atoms with van der Waals surface area (Å²) in [6.45, 7) is 29.1. The van der Waals surface area contributed by atoms with E-state index in [-0.39, 0.29) is 80.4 Å². The molecular formula is C96H87Ir4N9O2-4. The second kappa shape index (κ2) is 35.7. The van der Waals surface area contributed by atoms with Crippen molar-refractivity contribution in [2.75, 3.05) is 6.61 Å². The first-order valence-electron chi connectivity index (χ1n) is 37.0. The van der Waals surface area contributed by atoms with Crippen LogP contribution in [-0.2, 0) is 86.8 Å². The topological polar surface area (TPSA) is 98.6 Å². The van der Waals surface area contributed by atoms with Gasteiger partial charge in [0.1, 0.15) is 5.58 Å². The van der Waals surface area contributed by atoms with E-state index < -0.39 is 0 Å². The second-order valence-corrected chi connectivity index (χ2v) is 28.8. The predicted octanol–water partition coefficient (Wildman–Crippen LogP) is 23.7. The Balaban J connectivity index is 0.000000147. The normalized spacial score (nSPS) is 11.5. The number of fused-ring (bicyclic) bond motifs is 7. The summed E-state index contributed by atoms with van der Waals surface area (Å²) in [4.78, 5) is 18.6. The zero-order valence-corrected chi connectivity index (χ0v) is 74.1. The Morgan fingerprint density at radius 2 is 0.820 bits per heavy atom. The molecule has 4 radical (unpaired) electrons. The smallest absolute Gasteiger partial charge is 0.120 e. The SMILES string of the molecule is Cc1c[c-]c(-c2nccn2-c2c(C)cccc2C)cc1.Cc1cc(C(C)C)c(-n2ccnc2-c2[c-]cc3c(c2)CCCO3)c(C(C)C)c1.Cc1cc(C)c(-n2ccnc2-c2[c-]cc3c(c2)c2ccccc2n3-c2ccccc2)c(C)c1.Cc1cccc(C)c1-n1ccnc1-c1[c-]cc2oc3ccccc3c2c1.[Ir].[Ir].[Ir].[Ir]. The molecule has 0 bridgehead atoms. The predicted molar refractivity (Wildman–Crippen MR) is 438 cm³/mol. The minimum absolute atomic E-state index is 0. The number of benzene rings is 11. The molecule has 0 saturated carbocycles. The van der Waals surface area contributed by atoms with Gasteiger partial charge in [-0.05, 0) is 160 Å². The molecule has 0 N–H and O–H groups in total. The summed E-state index contributed by atoms with van der Waals surface area (Å²) in [5.74, 6) is 5.50. The van der Waals surface area contributed by atoms with E-state index in [1.807, 2.05) is 79.8 Å². The molecule has 0 saturated heterocycles. The van der Waals surface area contributed by atoms with Crippen molar-refractivity contribution < 1.29 is 89.6 Å². The Labute approximate surface area is 705 Å². The van der Waals surface area contributed by atoms with E-state index in [4.69, 9.17) is 19.1 Å². The van der Waals surface area contributed by atoms with Crippen LogP contribution in [0.15, 0.2) is 248 Å². The van der Waals surface area contributed by atoms with Crippen molar-refractivity contribution in [2.45, 2.75) is 115 Å². The van der Waals surface area contributed by atoms with Gasteiger partial charge >= 0.3 is 0 Å². The first-order valence-corrected chi connectivity index (χ1v) is 37.0. The van der Waals surface area contributed by atoms with Crippen LogP contribution in [0.25, 0.3) is 118 Å². The molecule has 0 fully saturated rings. The Morgan fingerprint density at radius 3 is 1.37 bits per heavy atom. The molecule has 111 heavy (non-hydrogen) atoms. The number of hydrogen-bond acceptors (Lipinski definition) is 6. The number of hydrogen-bond donors (Lipinski definition) is 0. The summed E-state index contributed by atoms with van der Waals surface area (Å²) in [7, 11) is 0. The summed E-state index contributed by atoms with van der Waals surface area (Å²) in [6.07, 6.45) is 17.7. The van der Waals surface area contributed by atoms with Crippen molar-refractivity contribution in [3.05, 3.63) is 335 Å². The van der Waals surface area contributed by atoms with Crippen LogP contribution in [0.3, 0.4) is 0 Å². The molecule has 568 valence electrons. The van der Waals surface area contributed by atoms with Crippen molar-refractivity contribution >= 4 is 43.7 Å². The van der Waals surface area contributed by atoms with Crippen LogP contribution in [0.1, 0.15) is 113 Å². The van der Waals surface area contributed by atoms with Gasteiger partial charge in [-0.1, -0.05) is 177 Å². The van der Waals surface area contributed by atoms with Crippen LogP contribution < -0.4 is 4.74 Å². The van der Waals surface area contributed by atoms with Gasteiger partial charge in [0.25, 0.3) is 0 Å². The molecule has 1 aliphatic rings. The molecule has 1 aliphatic heterocycles. The number of ether oxygens (including phenoxy) is 1. The number of aromatic nitrogens is 9. The monoisotopic (exact) mass is 2170 g/mol. The van der Waals surface area contributed by atoms with Crippen LogP contribution in [0.2, 0.25) is 0 Å². The number of aryl methyl sites for hydroxylation is 10.